The number of nitrogens with zero attached hydrogens (tertiary/aromatic N) is 1. The molecular weight excluding hydrogens is 352 g/mol. The number of carbonyl (C=O) groups excluding carboxylic acids is 4. The Labute approximate surface area is 156 Å². The number of hydrogen-bond acceptors (Lipinski definition) is 6. The molecule has 0 aromatic heterocycles. The van der Waals surface area contributed by atoms with Gasteiger partial charge in [0.25, 0.3) is 5.91 Å². The fraction of sp³-hybridized carbons (Fsp3) is 0.474. The lowest BCUT2D eigenvalue weighted by Gasteiger charge is -2.19. The number of amides is 3. The summed E-state index contributed by atoms with van der Waals surface area (Å²) in [4.78, 5) is 49.5. The van der Waals surface area contributed by atoms with Gasteiger partial charge in [-0.15, -0.1) is 0 Å². The van der Waals surface area contributed by atoms with Crippen LogP contribution in [0.5, 0.6) is 5.75 Å². The third-order valence-corrected chi connectivity index (χ3v) is 4.84. The van der Waals surface area contributed by atoms with Gasteiger partial charge in [0, 0.05) is 5.56 Å². The van der Waals surface area contributed by atoms with E-state index in [9.17, 15) is 19.2 Å². The standard InChI is InChI=1S/C19H22N2O6/c1-2-26-14-7-5-13(6-8-14)15(22)12-27-16(23)11-21-17(24)19(20-18(21)25)9-3-4-10-19/h5-8H,2-4,9-12H2,1H3,(H,20,25). The van der Waals surface area contributed by atoms with Crippen LogP contribution in [0.3, 0.4) is 0 Å². The fourth-order valence-corrected chi connectivity index (χ4v) is 3.45. The van der Waals surface area contributed by atoms with E-state index in [0.29, 0.717) is 30.8 Å². The summed E-state index contributed by atoms with van der Waals surface area (Å²) in [5.74, 6) is -0.922. The molecule has 2 aliphatic rings. The van der Waals surface area contributed by atoms with Crippen LogP contribution in [0, 0.1) is 0 Å². The molecule has 1 aromatic rings. The Morgan fingerprint density at radius 3 is 2.44 bits per heavy atom. The highest BCUT2D eigenvalue weighted by Crippen LogP contribution is 2.34. The number of Topliss-reactive ketones (excluding diaryl/α,β-unsaturated/α-hetero) is 1. The summed E-state index contributed by atoms with van der Waals surface area (Å²) < 4.78 is 10.3. The molecule has 0 atom stereocenters. The zero-order valence-electron chi connectivity index (χ0n) is 15.2. The smallest absolute Gasteiger partial charge is 0.326 e. The number of benzene rings is 1. The number of hydrogen-bond donors (Lipinski definition) is 1. The van der Waals surface area contributed by atoms with Gasteiger partial charge in [0.1, 0.15) is 17.8 Å². The highest BCUT2D eigenvalue weighted by atomic mass is 16.5. The molecule has 3 rings (SSSR count). The predicted octanol–water partition coefficient (Wildman–Crippen LogP) is 1.68. The maximum atomic E-state index is 12.5. The van der Waals surface area contributed by atoms with Crippen LogP contribution in [-0.2, 0) is 14.3 Å². The second kappa shape index (κ2) is 7.77. The predicted molar refractivity (Wildman–Crippen MR) is 94.3 cm³/mol. The summed E-state index contributed by atoms with van der Waals surface area (Å²) >= 11 is 0. The molecular formula is C19H22N2O6. The van der Waals surface area contributed by atoms with Crippen molar-refractivity contribution < 1.29 is 28.7 Å². The van der Waals surface area contributed by atoms with Gasteiger partial charge in [0.05, 0.1) is 6.61 Å². The first kappa shape index (κ1) is 18.9. The number of ether oxygens (including phenoxy) is 2. The van der Waals surface area contributed by atoms with Gasteiger partial charge >= 0.3 is 12.0 Å². The summed E-state index contributed by atoms with van der Waals surface area (Å²) in [5, 5.41) is 2.69. The number of esters is 1. The largest absolute Gasteiger partial charge is 0.494 e. The van der Waals surface area contributed by atoms with Crippen LogP contribution in [0.4, 0.5) is 4.79 Å². The van der Waals surface area contributed by atoms with E-state index in [-0.39, 0.29) is 11.7 Å². The number of nitrogens with one attached hydrogen (secondary N) is 1. The Hall–Kier alpha value is -2.90. The van der Waals surface area contributed by atoms with E-state index in [0.717, 1.165) is 17.7 Å². The molecule has 8 heteroatoms. The van der Waals surface area contributed by atoms with Crippen LogP contribution in [0.25, 0.3) is 0 Å². The first-order valence-electron chi connectivity index (χ1n) is 9.01. The molecule has 27 heavy (non-hydrogen) atoms. The van der Waals surface area contributed by atoms with Crippen molar-refractivity contribution in [3.05, 3.63) is 29.8 Å². The average molecular weight is 374 g/mol. The van der Waals surface area contributed by atoms with Crippen molar-refractivity contribution in [1.82, 2.24) is 10.2 Å². The van der Waals surface area contributed by atoms with Gasteiger partial charge in [-0.2, -0.15) is 0 Å². The van der Waals surface area contributed by atoms with Crippen LogP contribution >= 0.6 is 0 Å². The van der Waals surface area contributed by atoms with Crippen LogP contribution in [0.2, 0.25) is 0 Å². The van der Waals surface area contributed by atoms with E-state index in [4.69, 9.17) is 9.47 Å². The van der Waals surface area contributed by atoms with E-state index in [1.54, 1.807) is 24.3 Å². The normalized spacial score (nSPS) is 17.9. The van der Waals surface area contributed by atoms with E-state index in [2.05, 4.69) is 5.32 Å². The Morgan fingerprint density at radius 1 is 1.15 bits per heavy atom. The molecule has 1 spiro atoms. The number of imide groups is 1. The van der Waals surface area contributed by atoms with Gasteiger partial charge in [0.15, 0.2) is 12.4 Å². The maximum absolute atomic E-state index is 12.5. The molecule has 0 unspecified atom stereocenters. The minimum absolute atomic E-state index is 0.379. The third-order valence-electron chi connectivity index (χ3n) is 4.84. The summed E-state index contributed by atoms with van der Waals surface area (Å²) in [5.41, 5.74) is -0.485. The number of urea groups is 1. The quantitative estimate of drug-likeness (QED) is 0.443. The Balaban J connectivity index is 1.51. The topological polar surface area (TPSA) is 102 Å². The molecule has 1 aliphatic carbocycles. The molecule has 8 nitrogen and oxygen atoms in total. The first-order chi connectivity index (χ1) is 12.9. The lowest BCUT2D eigenvalue weighted by atomic mass is 9.98. The minimum atomic E-state index is -0.866. The number of carbonyl (C=O) groups is 4. The van der Waals surface area contributed by atoms with Crippen LogP contribution < -0.4 is 10.1 Å². The van der Waals surface area contributed by atoms with E-state index >= 15 is 0 Å². The second-order valence-corrected chi connectivity index (χ2v) is 6.65. The fourth-order valence-electron chi connectivity index (χ4n) is 3.45. The molecule has 0 bridgehead atoms. The van der Waals surface area contributed by atoms with Crippen molar-refractivity contribution in [2.24, 2.45) is 0 Å². The molecule has 144 valence electrons. The Kier molecular flexibility index (Phi) is 5.43. The summed E-state index contributed by atoms with van der Waals surface area (Å²) in [6, 6.07) is 5.90. The Morgan fingerprint density at radius 2 is 1.81 bits per heavy atom. The SMILES string of the molecule is CCOc1ccc(C(=O)COC(=O)CN2C(=O)NC3(CCCC3)C2=O)cc1. The molecule has 3 amide bonds. The molecule has 1 saturated carbocycles. The van der Waals surface area contributed by atoms with Gasteiger partial charge in [-0.05, 0) is 44.0 Å². The van der Waals surface area contributed by atoms with Crippen LogP contribution in [0.15, 0.2) is 24.3 Å². The number of ketones is 1. The lowest BCUT2D eigenvalue weighted by molar-refractivity contribution is -0.146. The van der Waals surface area contributed by atoms with Crippen molar-refractivity contribution in [3.8, 4) is 5.75 Å². The lowest BCUT2D eigenvalue weighted by Crippen LogP contribution is -2.44. The molecule has 1 saturated heterocycles. The molecule has 1 N–H and O–H groups in total. The van der Waals surface area contributed by atoms with Crippen molar-refractivity contribution >= 4 is 23.7 Å². The van der Waals surface area contributed by atoms with E-state index in [1.807, 2.05) is 6.92 Å². The van der Waals surface area contributed by atoms with Crippen molar-refractivity contribution in [3.63, 3.8) is 0 Å². The van der Waals surface area contributed by atoms with Crippen LogP contribution in [0.1, 0.15) is 43.0 Å². The molecule has 1 heterocycles. The third kappa shape index (κ3) is 3.94. The van der Waals surface area contributed by atoms with Crippen molar-refractivity contribution in [2.75, 3.05) is 19.8 Å². The molecule has 0 radical (unpaired) electrons. The highest BCUT2D eigenvalue weighted by molar-refractivity contribution is 6.09. The molecule has 1 aliphatic heterocycles. The maximum Gasteiger partial charge on any atom is 0.326 e. The van der Waals surface area contributed by atoms with Gasteiger partial charge in [-0.1, -0.05) is 12.8 Å². The summed E-state index contributed by atoms with van der Waals surface area (Å²) in [7, 11) is 0. The zero-order chi connectivity index (χ0) is 19.4. The average Bonchev–Trinajstić information content (AvgIpc) is 3.21. The van der Waals surface area contributed by atoms with Gasteiger partial charge in [0.2, 0.25) is 0 Å². The van der Waals surface area contributed by atoms with Gasteiger partial charge in [-0.25, -0.2) is 4.79 Å². The Bertz CT molecular complexity index is 752. The summed E-state index contributed by atoms with van der Waals surface area (Å²) in [6.45, 7) is 1.43. The molecule has 1 aromatic carbocycles. The van der Waals surface area contributed by atoms with E-state index < -0.39 is 30.7 Å². The van der Waals surface area contributed by atoms with Crippen molar-refractivity contribution in [2.45, 2.75) is 38.1 Å². The van der Waals surface area contributed by atoms with Gasteiger partial charge < -0.3 is 14.8 Å². The summed E-state index contributed by atoms with van der Waals surface area (Å²) in [6.07, 6.45) is 2.89. The van der Waals surface area contributed by atoms with E-state index in [1.165, 1.54) is 0 Å². The highest BCUT2D eigenvalue weighted by Gasteiger charge is 2.52. The second-order valence-electron chi connectivity index (χ2n) is 6.65. The molecule has 2 fully saturated rings. The first-order valence-corrected chi connectivity index (χ1v) is 9.01. The van der Waals surface area contributed by atoms with Gasteiger partial charge in [-0.3, -0.25) is 19.3 Å². The van der Waals surface area contributed by atoms with Crippen LogP contribution in [-0.4, -0.2) is 53.9 Å². The van der Waals surface area contributed by atoms with Crippen molar-refractivity contribution in [1.29, 1.82) is 0 Å². The number of rotatable bonds is 7. The minimum Gasteiger partial charge on any atom is -0.494 e. The monoisotopic (exact) mass is 374 g/mol. The zero-order valence-corrected chi connectivity index (χ0v) is 15.2.